The van der Waals surface area contributed by atoms with E-state index in [1.807, 2.05) is 0 Å². The summed E-state index contributed by atoms with van der Waals surface area (Å²) in [7, 11) is 1.72. The number of aromatic nitrogens is 3. The molecule has 3 rings (SSSR count). The molecule has 22 heavy (non-hydrogen) atoms. The van der Waals surface area contributed by atoms with Crippen LogP contribution in [0.3, 0.4) is 0 Å². The predicted octanol–water partition coefficient (Wildman–Crippen LogP) is 0.333. The van der Waals surface area contributed by atoms with Crippen molar-refractivity contribution in [2.24, 2.45) is 7.05 Å². The Balaban J connectivity index is 1.83. The lowest BCUT2D eigenvalue weighted by molar-refractivity contribution is -0.126. The van der Waals surface area contributed by atoms with E-state index in [-0.39, 0.29) is 18.5 Å². The maximum absolute atomic E-state index is 13.8. The highest BCUT2D eigenvalue weighted by atomic mass is 19.1. The minimum atomic E-state index is -0.558. The second-order valence-corrected chi connectivity index (χ2v) is 5.10. The topological polar surface area (TPSA) is 80.5 Å². The Labute approximate surface area is 125 Å². The number of likely N-dealkylation sites (tertiary alicyclic amines) is 1. The second-order valence-electron chi connectivity index (χ2n) is 5.10. The average molecular weight is 306 g/mol. The van der Waals surface area contributed by atoms with Crippen molar-refractivity contribution < 1.29 is 19.0 Å². The van der Waals surface area contributed by atoms with E-state index in [4.69, 9.17) is 9.84 Å². The SMILES string of the molecule is Cn1nc(CO)cc1-c1cc(OC2CN(C=O)C2)c(F)cn1. The van der Waals surface area contributed by atoms with Crippen molar-refractivity contribution in [1.29, 1.82) is 0 Å². The van der Waals surface area contributed by atoms with Gasteiger partial charge in [0.05, 0.1) is 43.0 Å². The van der Waals surface area contributed by atoms with Gasteiger partial charge in [-0.05, 0) is 6.07 Å². The molecular formula is C14H15FN4O3. The van der Waals surface area contributed by atoms with Gasteiger partial charge in [-0.25, -0.2) is 4.39 Å². The zero-order valence-corrected chi connectivity index (χ0v) is 11.9. The monoisotopic (exact) mass is 306 g/mol. The fourth-order valence-electron chi connectivity index (χ4n) is 2.30. The Morgan fingerprint density at radius 1 is 1.50 bits per heavy atom. The lowest BCUT2D eigenvalue weighted by Gasteiger charge is -2.36. The van der Waals surface area contributed by atoms with Crippen LogP contribution in [0.1, 0.15) is 5.69 Å². The van der Waals surface area contributed by atoms with Crippen LogP contribution in [0.2, 0.25) is 0 Å². The van der Waals surface area contributed by atoms with Crippen LogP contribution >= 0.6 is 0 Å². The molecule has 3 heterocycles. The highest BCUT2D eigenvalue weighted by Gasteiger charge is 2.28. The summed E-state index contributed by atoms with van der Waals surface area (Å²) in [5.74, 6) is -0.467. The number of hydrogen-bond acceptors (Lipinski definition) is 5. The third-order valence-corrected chi connectivity index (χ3v) is 3.49. The molecule has 8 heteroatoms. The first-order chi connectivity index (χ1) is 10.6. The van der Waals surface area contributed by atoms with E-state index in [2.05, 4.69) is 10.1 Å². The van der Waals surface area contributed by atoms with Gasteiger partial charge in [0.2, 0.25) is 6.41 Å². The van der Waals surface area contributed by atoms with Crippen LogP contribution in [0.4, 0.5) is 4.39 Å². The molecule has 1 aliphatic rings. The number of nitrogens with zero attached hydrogens (tertiary/aromatic N) is 4. The Kier molecular flexibility index (Phi) is 3.76. The third kappa shape index (κ3) is 2.64. The molecule has 1 saturated heterocycles. The summed E-state index contributed by atoms with van der Waals surface area (Å²) in [5, 5.41) is 13.2. The number of ether oxygens (including phenoxy) is 1. The molecule has 0 radical (unpaired) electrons. The number of rotatable bonds is 5. The maximum atomic E-state index is 13.8. The fraction of sp³-hybridized carbons (Fsp3) is 0.357. The molecule has 1 fully saturated rings. The number of carbonyl (C=O) groups excluding carboxylic acids is 1. The van der Waals surface area contributed by atoms with Crippen LogP contribution in [0, 0.1) is 5.82 Å². The van der Waals surface area contributed by atoms with E-state index < -0.39 is 5.82 Å². The molecule has 0 spiro atoms. The normalized spacial score (nSPS) is 14.8. The largest absolute Gasteiger partial charge is 0.484 e. The Morgan fingerprint density at radius 2 is 2.27 bits per heavy atom. The summed E-state index contributed by atoms with van der Waals surface area (Å²) in [4.78, 5) is 16.1. The van der Waals surface area contributed by atoms with Crippen LogP contribution in [0.15, 0.2) is 18.3 Å². The van der Waals surface area contributed by atoms with E-state index in [9.17, 15) is 9.18 Å². The number of hydrogen-bond donors (Lipinski definition) is 1. The highest BCUT2D eigenvalue weighted by Crippen LogP contribution is 2.26. The first kappa shape index (κ1) is 14.5. The van der Waals surface area contributed by atoms with Gasteiger partial charge < -0.3 is 14.7 Å². The molecule has 116 valence electrons. The lowest BCUT2D eigenvalue weighted by atomic mass is 10.2. The van der Waals surface area contributed by atoms with E-state index in [1.165, 1.54) is 6.07 Å². The summed E-state index contributed by atoms with van der Waals surface area (Å²) >= 11 is 0. The number of aliphatic hydroxyl groups is 1. The zero-order valence-electron chi connectivity index (χ0n) is 11.9. The molecule has 0 unspecified atom stereocenters. The molecule has 7 nitrogen and oxygen atoms in total. The molecule has 0 aliphatic carbocycles. The van der Waals surface area contributed by atoms with Gasteiger partial charge in [0.25, 0.3) is 0 Å². The van der Waals surface area contributed by atoms with Crippen molar-refractivity contribution in [3.05, 3.63) is 29.8 Å². The number of aryl methyl sites for hydroxylation is 1. The molecule has 0 bridgehead atoms. The summed E-state index contributed by atoms with van der Waals surface area (Å²) < 4.78 is 20.9. The lowest BCUT2D eigenvalue weighted by Crippen LogP contribution is -2.52. The third-order valence-electron chi connectivity index (χ3n) is 3.49. The van der Waals surface area contributed by atoms with Crippen molar-refractivity contribution in [3.63, 3.8) is 0 Å². The summed E-state index contributed by atoms with van der Waals surface area (Å²) in [6.45, 7) is 0.712. The van der Waals surface area contributed by atoms with Gasteiger partial charge in [-0.3, -0.25) is 14.5 Å². The van der Waals surface area contributed by atoms with E-state index in [1.54, 1.807) is 22.7 Å². The number of halogens is 1. The van der Waals surface area contributed by atoms with Crippen LogP contribution < -0.4 is 4.74 Å². The van der Waals surface area contributed by atoms with E-state index in [0.29, 0.717) is 30.2 Å². The van der Waals surface area contributed by atoms with Crippen LogP contribution in [-0.2, 0) is 18.4 Å². The predicted molar refractivity (Wildman–Crippen MR) is 74.4 cm³/mol. The fourth-order valence-corrected chi connectivity index (χ4v) is 2.30. The summed E-state index contributed by atoms with van der Waals surface area (Å²) in [5.41, 5.74) is 1.65. The molecule has 0 atom stereocenters. The average Bonchev–Trinajstić information content (AvgIpc) is 2.85. The van der Waals surface area contributed by atoms with Gasteiger partial charge in [0.15, 0.2) is 11.6 Å². The summed E-state index contributed by atoms with van der Waals surface area (Å²) in [6, 6.07) is 3.18. The number of pyridine rings is 1. The molecule has 2 aromatic heterocycles. The molecule has 1 N–H and O–H groups in total. The molecular weight excluding hydrogens is 291 g/mol. The minimum Gasteiger partial charge on any atom is -0.484 e. The zero-order chi connectivity index (χ0) is 15.7. The van der Waals surface area contributed by atoms with Crippen LogP contribution in [-0.4, -0.2) is 50.4 Å². The quantitative estimate of drug-likeness (QED) is 0.805. The molecule has 0 saturated carbocycles. The Bertz CT molecular complexity index is 697. The second kappa shape index (κ2) is 5.72. The van der Waals surface area contributed by atoms with Gasteiger partial charge in [-0.15, -0.1) is 0 Å². The van der Waals surface area contributed by atoms with E-state index in [0.717, 1.165) is 12.6 Å². The standard InChI is InChI=1S/C14H15FN4O3/c1-18-13(2-9(7-20)17-18)12-3-14(11(15)4-16-12)22-10-5-19(6-10)8-21/h2-4,8,10,20H,5-7H2,1H3. The van der Waals surface area contributed by atoms with E-state index >= 15 is 0 Å². The highest BCUT2D eigenvalue weighted by molar-refractivity contribution is 5.57. The number of aliphatic hydroxyl groups excluding tert-OH is 1. The number of carbonyl (C=O) groups is 1. The van der Waals surface area contributed by atoms with Gasteiger partial charge >= 0.3 is 0 Å². The first-order valence-electron chi connectivity index (χ1n) is 6.76. The Morgan fingerprint density at radius 3 is 2.91 bits per heavy atom. The van der Waals surface area contributed by atoms with Crippen molar-refractivity contribution >= 4 is 6.41 Å². The van der Waals surface area contributed by atoms with Crippen LogP contribution in [0.5, 0.6) is 5.75 Å². The van der Waals surface area contributed by atoms with Gasteiger partial charge in [-0.2, -0.15) is 5.10 Å². The molecule has 0 aromatic carbocycles. The van der Waals surface area contributed by atoms with Crippen molar-refractivity contribution in [1.82, 2.24) is 19.7 Å². The molecule has 1 amide bonds. The maximum Gasteiger partial charge on any atom is 0.209 e. The van der Waals surface area contributed by atoms with Crippen molar-refractivity contribution in [2.45, 2.75) is 12.7 Å². The van der Waals surface area contributed by atoms with Crippen molar-refractivity contribution in [2.75, 3.05) is 13.1 Å². The van der Waals surface area contributed by atoms with Gasteiger partial charge in [-0.1, -0.05) is 0 Å². The molecule has 1 aliphatic heterocycles. The molecule has 2 aromatic rings. The van der Waals surface area contributed by atoms with Gasteiger partial charge in [0.1, 0.15) is 6.10 Å². The van der Waals surface area contributed by atoms with Gasteiger partial charge in [0, 0.05) is 13.1 Å². The summed E-state index contributed by atoms with van der Waals surface area (Å²) in [6.07, 6.45) is 1.61. The smallest absolute Gasteiger partial charge is 0.209 e. The Hall–Kier alpha value is -2.48. The van der Waals surface area contributed by atoms with Crippen LogP contribution in [0.25, 0.3) is 11.4 Å². The first-order valence-corrected chi connectivity index (χ1v) is 6.76. The minimum absolute atomic E-state index is 0.0901. The van der Waals surface area contributed by atoms with Crippen molar-refractivity contribution in [3.8, 4) is 17.1 Å². The number of amides is 1.